The number of piperidine rings is 1. The number of anilines is 1. The number of carbonyl (C=O) groups is 1. The number of benzene rings is 2. The van der Waals surface area contributed by atoms with Gasteiger partial charge in [0.05, 0.1) is 10.6 Å². The van der Waals surface area contributed by atoms with Crippen molar-refractivity contribution in [3.63, 3.8) is 0 Å². The van der Waals surface area contributed by atoms with Gasteiger partial charge in [-0.25, -0.2) is 12.8 Å². The van der Waals surface area contributed by atoms with Gasteiger partial charge in [-0.1, -0.05) is 24.1 Å². The van der Waals surface area contributed by atoms with Crippen LogP contribution in [0.2, 0.25) is 0 Å². The second-order valence-electron chi connectivity index (χ2n) is 7.91. The van der Waals surface area contributed by atoms with Crippen LogP contribution in [0.1, 0.15) is 31.2 Å². The molecule has 1 fully saturated rings. The lowest BCUT2D eigenvalue weighted by molar-refractivity contribution is -0.119. The first-order chi connectivity index (χ1) is 14.9. The maximum absolute atomic E-state index is 13.3. The van der Waals surface area contributed by atoms with Crippen LogP contribution in [0.15, 0.2) is 53.4 Å². The molecule has 1 amide bonds. The first kappa shape index (κ1) is 23.2. The number of carbonyl (C=O) groups excluding carboxylic acids is 1. The second-order valence-corrected chi connectivity index (χ2v) is 9.77. The van der Waals surface area contributed by atoms with Crippen molar-refractivity contribution in [1.29, 1.82) is 0 Å². The Morgan fingerprint density at radius 2 is 1.68 bits per heavy atom. The van der Waals surface area contributed by atoms with Gasteiger partial charge in [-0.15, -0.1) is 0 Å². The van der Waals surface area contributed by atoms with Crippen molar-refractivity contribution in [1.82, 2.24) is 10.2 Å². The fourth-order valence-corrected chi connectivity index (χ4v) is 5.08. The molecular weight excluding hydrogens is 417 g/mol. The molecule has 31 heavy (non-hydrogen) atoms. The molecule has 0 atom stereocenters. The number of amides is 1. The molecule has 2 aromatic carbocycles. The van der Waals surface area contributed by atoms with E-state index in [1.165, 1.54) is 31.4 Å². The summed E-state index contributed by atoms with van der Waals surface area (Å²) in [5.41, 5.74) is 1.36. The molecule has 1 aliphatic heterocycles. The fourth-order valence-electron chi connectivity index (χ4n) is 3.66. The number of aryl methyl sites for hydroxylation is 1. The van der Waals surface area contributed by atoms with Crippen LogP contribution in [-0.2, 0) is 14.8 Å². The van der Waals surface area contributed by atoms with E-state index in [2.05, 4.69) is 10.2 Å². The third-order valence-electron chi connectivity index (χ3n) is 5.43. The van der Waals surface area contributed by atoms with E-state index < -0.39 is 15.8 Å². The summed E-state index contributed by atoms with van der Waals surface area (Å²) < 4.78 is 40.8. The summed E-state index contributed by atoms with van der Waals surface area (Å²) in [5, 5.41) is 2.83. The number of likely N-dealkylation sites (tertiary alicyclic amines) is 1. The van der Waals surface area contributed by atoms with Gasteiger partial charge in [0.2, 0.25) is 5.91 Å². The normalized spacial score (nSPS) is 14.9. The molecule has 1 aliphatic rings. The molecule has 8 heteroatoms. The molecule has 1 N–H and O–H groups in total. The van der Waals surface area contributed by atoms with Gasteiger partial charge in [0.15, 0.2) is 0 Å². The first-order valence-corrected chi connectivity index (χ1v) is 12.1. The lowest BCUT2D eigenvalue weighted by Gasteiger charge is -2.26. The topological polar surface area (TPSA) is 69.7 Å². The molecule has 0 aromatic heterocycles. The average Bonchev–Trinajstić information content (AvgIpc) is 2.77. The van der Waals surface area contributed by atoms with Gasteiger partial charge >= 0.3 is 0 Å². The zero-order valence-corrected chi connectivity index (χ0v) is 18.7. The first-order valence-electron chi connectivity index (χ1n) is 10.7. The van der Waals surface area contributed by atoms with Crippen LogP contribution < -0.4 is 9.62 Å². The molecular formula is C23H30FN3O3S. The van der Waals surface area contributed by atoms with Gasteiger partial charge in [0.25, 0.3) is 10.0 Å². The highest BCUT2D eigenvalue weighted by Gasteiger charge is 2.27. The van der Waals surface area contributed by atoms with Gasteiger partial charge in [-0.2, -0.15) is 0 Å². The quantitative estimate of drug-likeness (QED) is 0.599. The van der Waals surface area contributed by atoms with Gasteiger partial charge in [-0.05, 0) is 82.2 Å². The molecule has 0 radical (unpaired) electrons. The van der Waals surface area contributed by atoms with E-state index in [9.17, 15) is 17.6 Å². The number of sulfonamides is 1. The van der Waals surface area contributed by atoms with Crippen LogP contribution >= 0.6 is 0 Å². The summed E-state index contributed by atoms with van der Waals surface area (Å²) in [6.07, 6.45) is 4.55. The van der Waals surface area contributed by atoms with Gasteiger partial charge < -0.3 is 10.2 Å². The van der Waals surface area contributed by atoms with E-state index in [0.29, 0.717) is 12.2 Å². The standard InChI is InChI=1S/C23H30FN3O3S/c1-19-6-10-21(11-7-19)27(31(29,30)22-12-8-20(24)9-13-22)18-23(28)25-14-5-17-26-15-3-2-4-16-26/h6-13H,2-5,14-18H2,1H3,(H,25,28). The van der Waals surface area contributed by atoms with E-state index in [1.54, 1.807) is 24.3 Å². The van der Waals surface area contributed by atoms with Crippen LogP contribution in [-0.4, -0.2) is 51.9 Å². The molecule has 1 saturated heterocycles. The second kappa shape index (κ2) is 10.7. The molecule has 0 saturated carbocycles. The SMILES string of the molecule is Cc1ccc(N(CC(=O)NCCCN2CCCCC2)S(=O)(=O)c2ccc(F)cc2)cc1. The number of rotatable bonds is 9. The van der Waals surface area contributed by atoms with E-state index >= 15 is 0 Å². The van der Waals surface area contributed by atoms with Crippen molar-refractivity contribution in [3.8, 4) is 0 Å². The van der Waals surface area contributed by atoms with Gasteiger partial charge in [0.1, 0.15) is 12.4 Å². The molecule has 0 spiro atoms. The summed E-state index contributed by atoms with van der Waals surface area (Å²) >= 11 is 0. The molecule has 168 valence electrons. The lowest BCUT2D eigenvalue weighted by atomic mass is 10.1. The number of halogens is 1. The van der Waals surface area contributed by atoms with Crippen LogP contribution in [0, 0.1) is 12.7 Å². The molecule has 0 aliphatic carbocycles. The highest BCUT2D eigenvalue weighted by atomic mass is 32.2. The maximum atomic E-state index is 13.3. The van der Waals surface area contributed by atoms with Crippen molar-refractivity contribution in [2.24, 2.45) is 0 Å². The summed E-state index contributed by atoms with van der Waals surface area (Å²) in [5.74, 6) is -0.891. The molecule has 1 heterocycles. The summed E-state index contributed by atoms with van der Waals surface area (Å²) in [6, 6.07) is 11.5. The Labute approximate surface area is 184 Å². The lowest BCUT2D eigenvalue weighted by Crippen LogP contribution is -2.41. The Bertz CT molecular complexity index is 957. The molecule has 6 nitrogen and oxygen atoms in total. The number of hydrogen-bond acceptors (Lipinski definition) is 4. The average molecular weight is 448 g/mol. The third-order valence-corrected chi connectivity index (χ3v) is 7.22. The molecule has 0 bridgehead atoms. The van der Waals surface area contributed by atoms with Crippen LogP contribution in [0.25, 0.3) is 0 Å². The number of hydrogen-bond donors (Lipinski definition) is 1. The minimum Gasteiger partial charge on any atom is -0.354 e. The van der Waals surface area contributed by atoms with Gasteiger partial charge in [-0.3, -0.25) is 9.10 Å². The van der Waals surface area contributed by atoms with E-state index in [-0.39, 0.29) is 17.3 Å². The highest BCUT2D eigenvalue weighted by Crippen LogP contribution is 2.24. The van der Waals surface area contributed by atoms with Crippen molar-refractivity contribution in [2.45, 2.75) is 37.5 Å². The van der Waals surface area contributed by atoms with Crippen molar-refractivity contribution in [2.75, 3.05) is 37.0 Å². The Balaban J connectivity index is 1.67. The van der Waals surface area contributed by atoms with E-state index in [1.807, 2.05) is 6.92 Å². The number of nitrogens with zero attached hydrogens (tertiary/aromatic N) is 2. The maximum Gasteiger partial charge on any atom is 0.264 e. The summed E-state index contributed by atoms with van der Waals surface area (Å²) in [7, 11) is -4.03. The molecule has 0 unspecified atom stereocenters. The van der Waals surface area contributed by atoms with Gasteiger partial charge in [0, 0.05) is 6.54 Å². The summed E-state index contributed by atoms with van der Waals surface area (Å²) in [6.45, 7) is 5.18. The minimum absolute atomic E-state index is 0.0626. The molecule has 3 rings (SSSR count). The van der Waals surface area contributed by atoms with Crippen LogP contribution in [0.3, 0.4) is 0 Å². The zero-order chi connectivity index (χ0) is 22.3. The Morgan fingerprint density at radius 1 is 1.03 bits per heavy atom. The van der Waals surface area contributed by atoms with Crippen LogP contribution in [0.5, 0.6) is 0 Å². The third kappa shape index (κ3) is 6.51. The Hall–Kier alpha value is -2.45. The van der Waals surface area contributed by atoms with E-state index in [4.69, 9.17) is 0 Å². The number of nitrogens with one attached hydrogen (secondary N) is 1. The fraction of sp³-hybridized carbons (Fsp3) is 0.435. The Morgan fingerprint density at radius 3 is 2.32 bits per heavy atom. The predicted octanol–water partition coefficient (Wildman–Crippen LogP) is 3.32. The predicted molar refractivity (Wildman–Crippen MR) is 120 cm³/mol. The smallest absolute Gasteiger partial charge is 0.264 e. The summed E-state index contributed by atoms with van der Waals surface area (Å²) in [4.78, 5) is 14.9. The monoisotopic (exact) mass is 447 g/mol. The minimum atomic E-state index is -4.03. The van der Waals surface area contributed by atoms with Crippen molar-refractivity contribution < 1.29 is 17.6 Å². The van der Waals surface area contributed by atoms with Crippen LogP contribution in [0.4, 0.5) is 10.1 Å². The van der Waals surface area contributed by atoms with E-state index in [0.717, 1.165) is 48.1 Å². The largest absolute Gasteiger partial charge is 0.354 e. The Kier molecular flexibility index (Phi) is 8.03. The zero-order valence-electron chi connectivity index (χ0n) is 17.9. The molecule has 2 aromatic rings. The van der Waals surface area contributed by atoms with Crippen molar-refractivity contribution >= 4 is 21.6 Å². The van der Waals surface area contributed by atoms with Crippen molar-refractivity contribution in [3.05, 3.63) is 59.9 Å². The highest BCUT2D eigenvalue weighted by molar-refractivity contribution is 7.92.